The zero-order valence-electron chi connectivity index (χ0n) is 14.8. The van der Waals surface area contributed by atoms with Gasteiger partial charge in [-0.25, -0.2) is 0 Å². The highest BCUT2D eigenvalue weighted by Crippen LogP contribution is 2.22. The molecule has 0 aliphatic carbocycles. The monoisotopic (exact) mass is 347 g/mol. The Labute approximate surface area is 153 Å². The fourth-order valence-electron chi connectivity index (χ4n) is 2.71. The van der Waals surface area contributed by atoms with Gasteiger partial charge in [-0.3, -0.25) is 0 Å². The van der Waals surface area contributed by atoms with E-state index in [0.29, 0.717) is 18.8 Å². The normalized spacial score (nSPS) is 10.6. The lowest BCUT2D eigenvalue weighted by Crippen LogP contribution is -2.00. The van der Waals surface area contributed by atoms with Gasteiger partial charge < -0.3 is 14.2 Å². The predicted molar refractivity (Wildman–Crippen MR) is 101 cm³/mol. The molecule has 0 heterocycles. The number of methoxy groups -OCH3 is 1. The summed E-state index contributed by atoms with van der Waals surface area (Å²) in [5, 5.41) is 11.1. The summed E-state index contributed by atoms with van der Waals surface area (Å²) in [6, 6.07) is 22.0. The second-order valence-corrected chi connectivity index (χ2v) is 6.01. The van der Waals surface area contributed by atoms with E-state index in [0.717, 1.165) is 28.5 Å². The smallest absolute Gasteiger partial charge is 0.188 e. The molecule has 132 valence electrons. The van der Waals surface area contributed by atoms with Crippen molar-refractivity contribution in [1.29, 1.82) is 5.26 Å². The Hall–Kier alpha value is -2.87. The van der Waals surface area contributed by atoms with Crippen LogP contribution in [0.5, 0.6) is 5.75 Å². The van der Waals surface area contributed by atoms with Crippen LogP contribution in [-0.4, -0.2) is 20.5 Å². The molecule has 4 nitrogen and oxygen atoms in total. The lowest BCUT2D eigenvalue weighted by Gasteiger charge is -2.08. The zero-order valence-corrected chi connectivity index (χ0v) is 14.8. The van der Waals surface area contributed by atoms with Crippen LogP contribution in [0, 0.1) is 11.3 Å². The van der Waals surface area contributed by atoms with Crippen molar-refractivity contribution >= 4 is 10.8 Å². The lowest BCUT2D eigenvalue weighted by molar-refractivity contribution is 0.0512. The molecule has 4 heteroatoms. The molecule has 0 aliphatic rings. The molecule has 0 spiro atoms. The van der Waals surface area contributed by atoms with Gasteiger partial charge in [-0.1, -0.05) is 30.3 Å². The Morgan fingerprint density at radius 3 is 2.42 bits per heavy atom. The van der Waals surface area contributed by atoms with Gasteiger partial charge in [-0.15, -0.1) is 0 Å². The molecule has 0 bridgehead atoms. The highest BCUT2D eigenvalue weighted by Gasteiger charge is 2.01. The first-order chi connectivity index (χ1) is 12.8. The molecule has 3 aromatic carbocycles. The summed E-state index contributed by atoms with van der Waals surface area (Å²) in [6.45, 7) is 1.44. The van der Waals surface area contributed by atoms with Gasteiger partial charge >= 0.3 is 0 Å². The van der Waals surface area contributed by atoms with Crippen molar-refractivity contribution < 1.29 is 14.2 Å². The van der Waals surface area contributed by atoms with Crippen LogP contribution in [0.3, 0.4) is 0 Å². The van der Waals surface area contributed by atoms with Crippen molar-refractivity contribution in [3.63, 3.8) is 0 Å². The van der Waals surface area contributed by atoms with Crippen LogP contribution in [0.15, 0.2) is 60.7 Å². The van der Waals surface area contributed by atoms with Crippen LogP contribution < -0.4 is 4.74 Å². The van der Waals surface area contributed by atoms with E-state index >= 15 is 0 Å². The molecule has 3 rings (SSSR count). The molecule has 0 atom stereocenters. The summed E-state index contributed by atoms with van der Waals surface area (Å²) < 4.78 is 16.2. The minimum Gasteiger partial charge on any atom is -0.468 e. The minimum absolute atomic E-state index is 0.240. The molecule has 0 aliphatic heterocycles. The number of rotatable bonds is 8. The topological polar surface area (TPSA) is 51.5 Å². The van der Waals surface area contributed by atoms with E-state index in [4.69, 9.17) is 19.5 Å². The third-order valence-corrected chi connectivity index (χ3v) is 4.11. The van der Waals surface area contributed by atoms with E-state index in [9.17, 15) is 0 Å². The van der Waals surface area contributed by atoms with Gasteiger partial charge in [-0.05, 0) is 58.7 Å². The fraction of sp³-hybridized carbons (Fsp3) is 0.227. The number of nitrogens with zero attached hydrogens (tertiary/aromatic N) is 1. The molecule has 0 saturated carbocycles. The molecule has 3 aromatic rings. The quantitative estimate of drug-likeness (QED) is 0.446. The highest BCUT2D eigenvalue weighted by molar-refractivity contribution is 5.84. The van der Waals surface area contributed by atoms with Crippen LogP contribution >= 0.6 is 0 Å². The predicted octanol–water partition coefficient (Wildman–Crippen LogP) is 4.45. The second kappa shape index (κ2) is 9.00. The lowest BCUT2D eigenvalue weighted by atomic mass is 10.1. The molecule has 26 heavy (non-hydrogen) atoms. The Balaban J connectivity index is 1.55. The molecule has 0 amide bonds. The Kier molecular flexibility index (Phi) is 6.21. The van der Waals surface area contributed by atoms with Crippen LogP contribution in [-0.2, 0) is 22.5 Å². The summed E-state index contributed by atoms with van der Waals surface area (Å²) in [7, 11) is 1.61. The van der Waals surface area contributed by atoms with Gasteiger partial charge in [0.25, 0.3) is 0 Å². The number of hydrogen-bond donors (Lipinski definition) is 0. The SMILES string of the molecule is COCOc1ccc2ccc(COCCc3ccc(C#N)cc3)cc2c1. The van der Waals surface area contributed by atoms with E-state index in [1.54, 1.807) is 7.11 Å². The minimum atomic E-state index is 0.240. The van der Waals surface area contributed by atoms with Crippen LogP contribution in [0.2, 0.25) is 0 Å². The third-order valence-electron chi connectivity index (χ3n) is 4.11. The summed E-state index contributed by atoms with van der Waals surface area (Å²) in [6.07, 6.45) is 0.828. The van der Waals surface area contributed by atoms with Gasteiger partial charge in [0.15, 0.2) is 6.79 Å². The summed E-state index contributed by atoms with van der Waals surface area (Å²) >= 11 is 0. The molecule has 0 aromatic heterocycles. The molecular formula is C22H21NO3. The van der Waals surface area contributed by atoms with Gasteiger partial charge in [0.05, 0.1) is 24.8 Å². The van der Waals surface area contributed by atoms with Crippen molar-refractivity contribution in [2.75, 3.05) is 20.5 Å². The Bertz CT molecular complexity index is 897. The summed E-state index contributed by atoms with van der Waals surface area (Å²) in [4.78, 5) is 0. The largest absolute Gasteiger partial charge is 0.468 e. The standard InChI is InChI=1S/C22H21NO3/c1-24-16-26-22-9-8-20-7-6-19(12-21(20)13-22)15-25-11-10-17-2-4-18(14-23)5-3-17/h2-9,12-13H,10-11,15-16H2,1H3. The van der Waals surface area contributed by atoms with E-state index in [1.807, 2.05) is 42.5 Å². The first-order valence-electron chi connectivity index (χ1n) is 8.50. The van der Waals surface area contributed by atoms with Crippen LogP contribution in [0.4, 0.5) is 0 Å². The molecule has 0 unspecified atom stereocenters. The van der Waals surface area contributed by atoms with E-state index in [1.165, 1.54) is 5.56 Å². The first-order valence-corrected chi connectivity index (χ1v) is 8.50. The maximum atomic E-state index is 8.81. The fourth-order valence-corrected chi connectivity index (χ4v) is 2.71. The highest BCUT2D eigenvalue weighted by atomic mass is 16.7. The first kappa shape index (κ1) is 17.9. The third kappa shape index (κ3) is 4.82. The maximum Gasteiger partial charge on any atom is 0.188 e. The van der Waals surface area contributed by atoms with Gasteiger partial charge in [0.1, 0.15) is 5.75 Å². The summed E-state index contributed by atoms with van der Waals surface area (Å²) in [5.41, 5.74) is 2.98. The van der Waals surface area contributed by atoms with Crippen molar-refractivity contribution in [2.24, 2.45) is 0 Å². The van der Waals surface area contributed by atoms with Gasteiger partial charge in [0, 0.05) is 7.11 Å². The van der Waals surface area contributed by atoms with E-state index in [-0.39, 0.29) is 6.79 Å². The maximum absolute atomic E-state index is 8.81. The van der Waals surface area contributed by atoms with Crippen molar-refractivity contribution in [3.05, 3.63) is 77.4 Å². The van der Waals surface area contributed by atoms with Crippen LogP contribution in [0.25, 0.3) is 10.8 Å². The van der Waals surface area contributed by atoms with E-state index in [2.05, 4.69) is 24.3 Å². The molecule has 0 fully saturated rings. The number of ether oxygens (including phenoxy) is 3. The number of nitriles is 1. The number of benzene rings is 3. The number of hydrogen-bond acceptors (Lipinski definition) is 4. The van der Waals surface area contributed by atoms with Crippen molar-refractivity contribution in [3.8, 4) is 11.8 Å². The molecule has 0 saturated heterocycles. The molecular weight excluding hydrogens is 326 g/mol. The second-order valence-electron chi connectivity index (χ2n) is 6.01. The molecule has 0 N–H and O–H groups in total. The van der Waals surface area contributed by atoms with Gasteiger partial charge in [-0.2, -0.15) is 5.26 Å². The molecule has 0 radical (unpaired) electrons. The average Bonchev–Trinajstić information content (AvgIpc) is 2.69. The number of fused-ring (bicyclic) bond motifs is 1. The van der Waals surface area contributed by atoms with Crippen LogP contribution in [0.1, 0.15) is 16.7 Å². The Morgan fingerprint density at radius 1 is 0.885 bits per heavy atom. The average molecular weight is 347 g/mol. The van der Waals surface area contributed by atoms with Crippen molar-refractivity contribution in [1.82, 2.24) is 0 Å². The van der Waals surface area contributed by atoms with Gasteiger partial charge in [0.2, 0.25) is 0 Å². The van der Waals surface area contributed by atoms with Crippen molar-refractivity contribution in [2.45, 2.75) is 13.0 Å². The Morgan fingerprint density at radius 2 is 1.65 bits per heavy atom. The zero-order chi connectivity index (χ0) is 18.2. The van der Waals surface area contributed by atoms with E-state index < -0.39 is 0 Å². The summed E-state index contributed by atoms with van der Waals surface area (Å²) in [5.74, 6) is 0.790.